The van der Waals surface area contributed by atoms with E-state index in [9.17, 15) is 9.59 Å². The fourth-order valence-corrected chi connectivity index (χ4v) is 3.85. The Morgan fingerprint density at radius 2 is 1.93 bits per heavy atom. The van der Waals surface area contributed by atoms with Gasteiger partial charge in [-0.2, -0.15) is 0 Å². The zero-order valence-electron chi connectivity index (χ0n) is 14.7. The summed E-state index contributed by atoms with van der Waals surface area (Å²) in [5.41, 5.74) is 2.03. The van der Waals surface area contributed by atoms with Gasteiger partial charge in [0.2, 0.25) is 0 Å². The number of thioether (sulfide) groups is 1. The zero-order valence-corrected chi connectivity index (χ0v) is 16.3. The first kappa shape index (κ1) is 19.1. The molecule has 0 aromatic heterocycles. The second kappa shape index (κ2) is 8.33. The molecule has 1 heterocycles. The Kier molecular flexibility index (Phi) is 5.88. The largest absolute Gasteiger partial charge is 0.489 e. The number of hydrogen-bond acceptors (Lipinski definition) is 5. The van der Waals surface area contributed by atoms with Gasteiger partial charge < -0.3 is 4.74 Å². The number of para-hydroxylation sites is 1. The lowest BCUT2D eigenvalue weighted by Crippen LogP contribution is -2.27. The second-order valence-corrected chi connectivity index (χ2v) is 7.43. The minimum atomic E-state index is -0.195. The van der Waals surface area contributed by atoms with Crippen LogP contribution in [0.5, 0.6) is 5.75 Å². The maximum absolute atomic E-state index is 12.9. The van der Waals surface area contributed by atoms with Crippen molar-refractivity contribution in [2.75, 3.05) is 11.5 Å². The summed E-state index contributed by atoms with van der Waals surface area (Å²) in [7, 11) is 0. The molecule has 0 atom stereocenters. The lowest BCUT2D eigenvalue weighted by molar-refractivity contribution is -0.113. The van der Waals surface area contributed by atoms with Crippen molar-refractivity contribution in [3.8, 4) is 5.75 Å². The van der Waals surface area contributed by atoms with Crippen LogP contribution in [0.4, 0.5) is 5.69 Å². The lowest BCUT2D eigenvalue weighted by atomic mass is 10.1. The molecule has 0 saturated carbocycles. The molecule has 2 aromatic rings. The van der Waals surface area contributed by atoms with Gasteiger partial charge in [-0.25, -0.2) is 0 Å². The van der Waals surface area contributed by atoms with Crippen LogP contribution in [-0.2, 0) is 4.79 Å². The van der Waals surface area contributed by atoms with Crippen LogP contribution in [0, 0.1) is 0 Å². The maximum Gasteiger partial charge on any atom is 0.270 e. The van der Waals surface area contributed by atoms with Gasteiger partial charge >= 0.3 is 0 Å². The van der Waals surface area contributed by atoms with Crippen molar-refractivity contribution in [2.24, 2.45) is 0 Å². The summed E-state index contributed by atoms with van der Waals surface area (Å²) in [6.07, 6.45) is 3.45. The van der Waals surface area contributed by atoms with E-state index in [1.54, 1.807) is 36.4 Å². The minimum absolute atomic E-state index is 0.0250. The molecule has 3 rings (SSSR count). The fraction of sp³-hybridized carbons (Fsp3) is 0.0952. The number of Topliss-reactive ketones (excluding diaryl/α,β-unsaturated/α-hetero) is 1. The number of amides is 1. The van der Waals surface area contributed by atoms with Crippen molar-refractivity contribution < 1.29 is 14.3 Å². The van der Waals surface area contributed by atoms with Crippen molar-refractivity contribution in [2.45, 2.75) is 6.92 Å². The number of ether oxygens (including phenoxy) is 1. The molecule has 0 radical (unpaired) electrons. The highest BCUT2D eigenvalue weighted by Gasteiger charge is 2.33. The molecule has 1 saturated heterocycles. The first-order valence-electron chi connectivity index (χ1n) is 8.23. The van der Waals surface area contributed by atoms with Gasteiger partial charge in [-0.05, 0) is 43.3 Å². The van der Waals surface area contributed by atoms with Gasteiger partial charge in [0.1, 0.15) is 12.4 Å². The van der Waals surface area contributed by atoms with Crippen LogP contribution in [0.2, 0.25) is 0 Å². The highest BCUT2D eigenvalue weighted by atomic mass is 32.2. The van der Waals surface area contributed by atoms with Crippen LogP contribution in [0.1, 0.15) is 22.8 Å². The Hall–Kier alpha value is -2.70. The quantitative estimate of drug-likeness (QED) is 0.303. The molecular formula is C21H17NO3S2. The summed E-state index contributed by atoms with van der Waals surface area (Å²) in [6.45, 7) is 5.53. The Morgan fingerprint density at radius 3 is 2.59 bits per heavy atom. The van der Waals surface area contributed by atoms with Crippen molar-refractivity contribution in [1.29, 1.82) is 0 Å². The number of thiocarbonyl (C=S) groups is 1. The van der Waals surface area contributed by atoms with Gasteiger partial charge in [0.15, 0.2) is 10.1 Å². The molecule has 1 aliphatic rings. The number of carbonyl (C=O) groups excluding carboxylic acids is 2. The van der Waals surface area contributed by atoms with Crippen LogP contribution < -0.4 is 9.64 Å². The van der Waals surface area contributed by atoms with E-state index in [4.69, 9.17) is 17.0 Å². The van der Waals surface area contributed by atoms with Crippen LogP contribution in [0.3, 0.4) is 0 Å². The number of nitrogens with zero attached hydrogens (tertiary/aromatic N) is 1. The Labute approximate surface area is 167 Å². The molecule has 0 aliphatic carbocycles. The summed E-state index contributed by atoms with van der Waals surface area (Å²) in [6, 6.07) is 14.3. The van der Waals surface area contributed by atoms with Gasteiger partial charge in [0, 0.05) is 11.1 Å². The molecule has 1 fully saturated rings. The third kappa shape index (κ3) is 4.18. The highest BCUT2D eigenvalue weighted by molar-refractivity contribution is 8.27. The molecule has 136 valence electrons. The molecule has 0 spiro atoms. The average Bonchev–Trinajstić information content (AvgIpc) is 2.94. The van der Waals surface area contributed by atoms with E-state index in [2.05, 4.69) is 6.58 Å². The third-order valence-corrected chi connectivity index (χ3v) is 5.19. The standard InChI is InChI=1S/C21H17NO3S2/c1-3-12-25-18-7-5-4-6-16(18)13-19-20(24)22(21(26)27-19)17-10-8-15(9-11-17)14(2)23/h3-11,13H,1,12H2,2H3. The minimum Gasteiger partial charge on any atom is -0.489 e. The Morgan fingerprint density at radius 1 is 1.22 bits per heavy atom. The monoisotopic (exact) mass is 395 g/mol. The van der Waals surface area contributed by atoms with Gasteiger partial charge in [0.25, 0.3) is 5.91 Å². The zero-order chi connectivity index (χ0) is 19.4. The predicted molar refractivity (Wildman–Crippen MR) is 114 cm³/mol. The molecule has 2 aromatic carbocycles. The molecule has 27 heavy (non-hydrogen) atoms. The van der Waals surface area contributed by atoms with Crippen LogP contribution in [0.25, 0.3) is 6.08 Å². The molecule has 1 amide bonds. The Balaban J connectivity index is 1.89. The number of rotatable bonds is 6. The molecule has 0 bridgehead atoms. The molecule has 0 N–H and O–H groups in total. The molecule has 1 aliphatic heterocycles. The van der Waals surface area contributed by atoms with Gasteiger partial charge in [-0.3, -0.25) is 14.5 Å². The maximum atomic E-state index is 12.9. The summed E-state index contributed by atoms with van der Waals surface area (Å²) in [5.74, 6) is 0.454. The predicted octanol–water partition coefficient (Wildman–Crippen LogP) is 4.86. The van der Waals surface area contributed by atoms with Crippen molar-refractivity contribution >= 4 is 51.8 Å². The van der Waals surface area contributed by atoms with E-state index in [0.717, 1.165) is 5.56 Å². The number of anilines is 1. The van der Waals surface area contributed by atoms with E-state index >= 15 is 0 Å². The first-order chi connectivity index (χ1) is 13.0. The number of carbonyl (C=O) groups is 2. The number of hydrogen-bond donors (Lipinski definition) is 0. The molecule has 0 unspecified atom stereocenters. The first-order valence-corrected chi connectivity index (χ1v) is 9.45. The molecular weight excluding hydrogens is 378 g/mol. The van der Waals surface area contributed by atoms with E-state index in [1.165, 1.54) is 23.6 Å². The van der Waals surface area contributed by atoms with Gasteiger partial charge in [-0.1, -0.05) is 54.8 Å². The van der Waals surface area contributed by atoms with E-state index in [1.807, 2.05) is 24.3 Å². The smallest absolute Gasteiger partial charge is 0.270 e. The topological polar surface area (TPSA) is 46.6 Å². The average molecular weight is 396 g/mol. The van der Waals surface area contributed by atoms with Gasteiger partial charge in [-0.15, -0.1) is 0 Å². The number of ketones is 1. The molecule has 4 nitrogen and oxygen atoms in total. The Bertz CT molecular complexity index is 948. The van der Waals surface area contributed by atoms with E-state index in [0.29, 0.717) is 32.8 Å². The van der Waals surface area contributed by atoms with Gasteiger partial charge in [0.05, 0.1) is 10.6 Å². The van der Waals surface area contributed by atoms with Crippen molar-refractivity contribution in [1.82, 2.24) is 0 Å². The summed E-state index contributed by atoms with van der Waals surface area (Å²) in [4.78, 5) is 26.3. The van der Waals surface area contributed by atoms with Crippen molar-refractivity contribution in [3.63, 3.8) is 0 Å². The SMILES string of the molecule is C=CCOc1ccccc1C=C1SC(=S)N(c2ccc(C(C)=O)cc2)C1=O. The number of benzene rings is 2. The fourth-order valence-electron chi connectivity index (χ4n) is 2.56. The van der Waals surface area contributed by atoms with Crippen molar-refractivity contribution in [3.05, 3.63) is 77.2 Å². The van der Waals surface area contributed by atoms with Crippen LogP contribution >= 0.6 is 24.0 Å². The highest BCUT2D eigenvalue weighted by Crippen LogP contribution is 2.37. The van der Waals surface area contributed by atoms with E-state index in [-0.39, 0.29) is 11.7 Å². The summed E-state index contributed by atoms with van der Waals surface area (Å²) < 4.78 is 6.09. The van der Waals surface area contributed by atoms with Crippen LogP contribution in [0.15, 0.2) is 66.1 Å². The summed E-state index contributed by atoms with van der Waals surface area (Å²) in [5, 5.41) is 0. The second-order valence-electron chi connectivity index (χ2n) is 5.76. The summed E-state index contributed by atoms with van der Waals surface area (Å²) >= 11 is 6.64. The van der Waals surface area contributed by atoms with E-state index < -0.39 is 0 Å². The normalized spacial score (nSPS) is 15.3. The van der Waals surface area contributed by atoms with Crippen LogP contribution in [-0.4, -0.2) is 22.6 Å². The molecule has 6 heteroatoms. The third-order valence-electron chi connectivity index (χ3n) is 3.89. The lowest BCUT2D eigenvalue weighted by Gasteiger charge is -2.14.